The van der Waals surface area contributed by atoms with Crippen molar-refractivity contribution >= 4 is 11.9 Å². The van der Waals surface area contributed by atoms with Crippen LogP contribution in [0.2, 0.25) is 0 Å². The third kappa shape index (κ3) is 3.87. The van der Waals surface area contributed by atoms with Crippen molar-refractivity contribution in [3.63, 3.8) is 0 Å². The summed E-state index contributed by atoms with van der Waals surface area (Å²) in [6, 6.07) is 7.65. The maximum atomic E-state index is 12.2. The van der Waals surface area contributed by atoms with Gasteiger partial charge in [-0.15, -0.1) is 0 Å². The minimum atomic E-state index is -0.908. The molecule has 0 aromatic heterocycles. The molecular weight excluding hydrogens is 282 g/mol. The van der Waals surface area contributed by atoms with Gasteiger partial charge in [0.15, 0.2) is 0 Å². The summed E-state index contributed by atoms with van der Waals surface area (Å²) in [6.45, 7) is 0.464. The van der Waals surface area contributed by atoms with Gasteiger partial charge in [0, 0.05) is 6.54 Å². The van der Waals surface area contributed by atoms with Crippen molar-refractivity contribution in [2.75, 3.05) is 13.7 Å². The summed E-state index contributed by atoms with van der Waals surface area (Å²) in [5, 5.41) is 12.0. The largest absolute Gasteiger partial charge is 0.496 e. The van der Waals surface area contributed by atoms with Crippen LogP contribution in [-0.2, 0) is 16.0 Å². The van der Waals surface area contributed by atoms with Crippen LogP contribution in [0, 0.1) is 11.8 Å². The van der Waals surface area contributed by atoms with Crippen molar-refractivity contribution in [1.82, 2.24) is 5.32 Å². The molecule has 0 spiro atoms. The van der Waals surface area contributed by atoms with E-state index in [2.05, 4.69) is 5.32 Å². The molecule has 0 bridgehead atoms. The smallest absolute Gasteiger partial charge is 0.307 e. The predicted molar refractivity (Wildman–Crippen MR) is 82.7 cm³/mol. The van der Waals surface area contributed by atoms with Gasteiger partial charge in [0.25, 0.3) is 0 Å². The molecule has 1 aliphatic carbocycles. The lowest BCUT2D eigenvalue weighted by molar-refractivity contribution is -0.147. The Kier molecular flexibility index (Phi) is 5.58. The second kappa shape index (κ2) is 7.64. The van der Waals surface area contributed by atoms with Gasteiger partial charge in [-0.3, -0.25) is 9.59 Å². The number of carboxylic acid groups (broad SMARTS) is 1. The Labute approximate surface area is 130 Å². The molecule has 0 aliphatic heterocycles. The molecule has 2 rings (SSSR count). The van der Waals surface area contributed by atoms with Crippen LogP contribution in [0.25, 0.3) is 0 Å². The second-order valence-electron chi connectivity index (χ2n) is 5.35. The molecule has 1 aromatic rings. The van der Waals surface area contributed by atoms with Crippen molar-refractivity contribution in [2.24, 2.45) is 11.8 Å². The van der Waals surface area contributed by atoms with E-state index in [4.69, 9.17) is 4.74 Å². The Morgan fingerprint density at radius 1 is 1.23 bits per heavy atom. The molecule has 2 atom stereocenters. The van der Waals surface area contributed by atoms with Gasteiger partial charge in [-0.2, -0.15) is 0 Å². The summed E-state index contributed by atoms with van der Waals surface area (Å²) in [5.41, 5.74) is 1.02. The van der Waals surface area contributed by atoms with E-state index in [9.17, 15) is 14.7 Å². The Balaban J connectivity index is 1.89. The second-order valence-corrected chi connectivity index (χ2v) is 5.35. The van der Waals surface area contributed by atoms with Gasteiger partial charge in [-0.05, 0) is 30.9 Å². The first-order valence-corrected chi connectivity index (χ1v) is 7.41. The van der Waals surface area contributed by atoms with Gasteiger partial charge < -0.3 is 15.2 Å². The van der Waals surface area contributed by atoms with E-state index in [0.29, 0.717) is 25.8 Å². The van der Waals surface area contributed by atoms with Crippen LogP contribution in [-0.4, -0.2) is 30.6 Å². The maximum Gasteiger partial charge on any atom is 0.307 e. The molecule has 0 unspecified atom stereocenters. The quantitative estimate of drug-likeness (QED) is 0.788. The van der Waals surface area contributed by atoms with Crippen LogP contribution < -0.4 is 10.1 Å². The van der Waals surface area contributed by atoms with Crippen LogP contribution in [0.15, 0.2) is 36.4 Å². The molecule has 0 radical (unpaired) electrons. The lowest BCUT2D eigenvalue weighted by atomic mass is 9.82. The Hall–Kier alpha value is -2.30. The number of amides is 1. The number of benzene rings is 1. The van der Waals surface area contributed by atoms with Crippen molar-refractivity contribution in [1.29, 1.82) is 0 Å². The van der Waals surface area contributed by atoms with E-state index in [1.54, 1.807) is 7.11 Å². The minimum absolute atomic E-state index is 0.188. The molecule has 0 fully saturated rings. The number of hydrogen-bond donors (Lipinski definition) is 2. The highest BCUT2D eigenvalue weighted by atomic mass is 16.5. The number of aliphatic carboxylic acids is 1. The zero-order valence-electron chi connectivity index (χ0n) is 12.6. The molecule has 0 saturated carbocycles. The number of para-hydroxylation sites is 1. The van der Waals surface area contributed by atoms with Gasteiger partial charge in [-0.25, -0.2) is 0 Å². The molecule has 118 valence electrons. The summed E-state index contributed by atoms with van der Waals surface area (Å²) in [6.07, 6.45) is 5.26. The number of ether oxygens (including phenoxy) is 1. The van der Waals surface area contributed by atoms with E-state index < -0.39 is 17.8 Å². The van der Waals surface area contributed by atoms with Crippen molar-refractivity contribution < 1.29 is 19.4 Å². The van der Waals surface area contributed by atoms with Crippen molar-refractivity contribution in [3.8, 4) is 5.75 Å². The molecule has 0 saturated heterocycles. The van der Waals surface area contributed by atoms with Gasteiger partial charge in [0.05, 0.1) is 18.9 Å². The Morgan fingerprint density at radius 2 is 1.91 bits per heavy atom. The summed E-state index contributed by atoms with van der Waals surface area (Å²) >= 11 is 0. The van der Waals surface area contributed by atoms with Gasteiger partial charge in [0.1, 0.15) is 5.75 Å². The lowest BCUT2D eigenvalue weighted by Gasteiger charge is -2.24. The normalized spacial score (nSPS) is 20.4. The van der Waals surface area contributed by atoms with Crippen LogP contribution in [0.1, 0.15) is 18.4 Å². The molecule has 0 heterocycles. The van der Waals surface area contributed by atoms with Crippen LogP contribution in [0.4, 0.5) is 0 Å². The van der Waals surface area contributed by atoms with Crippen LogP contribution in [0.5, 0.6) is 5.75 Å². The Bertz CT molecular complexity index is 568. The number of carboxylic acids is 1. The standard InChI is InChI=1S/C17H21NO4/c1-22-15-9-5-2-6-12(15)10-11-18-16(19)13-7-3-4-8-14(13)17(20)21/h2-6,9,13-14H,7-8,10-11H2,1H3,(H,18,19)(H,20,21)/t13-,14+/m0/s1. The number of hydrogen-bond acceptors (Lipinski definition) is 3. The van der Waals surface area contributed by atoms with Crippen LogP contribution in [0.3, 0.4) is 0 Å². The van der Waals surface area contributed by atoms with Gasteiger partial charge in [0.2, 0.25) is 5.91 Å². The molecular formula is C17H21NO4. The fraction of sp³-hybridized carbons (Fsp3) is 0.412. The lowest BCUT2D eigenvalue weighted by Crippen LogP contribution is -2.39. The van der Waals surface area contributed by atoms with E-state index in [1.807, 2.05) is 36.4 Å². The number of nitrogens with one attached hydrogen (secondary N) is 1. The van der Waals surface area contributed by atoms with E-state index in [-0.39, 0.29) is 5.91 Å². The SMILES string of the molecule is COc1ccccc1CCNC(=O)[C@H]1CC=CC[C@H]1C(=O)O. The highest BCUT2D eigenvalue weighted by Crippen LogP contribution is 2.26. The highest BCUT2D eigenvalue weighted by Gasteiger charge is 2.33. The predicted octanol–water partition coefficient (Wildman–Crippen LogP) is 2.02. The van der Waals surface area contributed by atoms with Crippen molar-refractivity contribution in [2.45, 2.75) is 19.3 Å². The van der Waals surface area contributed by atoms with Gasteiger partial charge in [-0.1, -0.05) is 30.4 Å². The summed E-state index contributed by atoms with van der Waals surface area (Å²) in [5.74, 6) is -1.42. The average Bonchev–Trinajstić information content (AvgIpc) is 2.55. The van der Waals surface area contributed by atoms with E-state index in [0.717, 1.165) is 11.3 Å². The summed E-state index contributed by atoms with van der Waals surface area (Å²) in [4.78, 5) is 23.4. The molecule has 2 N–H and O–H groups in total. The molecule has 1 aliphatic rings. The average molecular weight is 303 g/mol. The third-order valence-corrected chi connectivity index (χ3v) is 3.97. The fourth-order valence-electron chi connectivity index (χ4n) is 2.74. The first kappa shape index (κ1) is 16.1. The van der Waals surface area contributed by atoms with E-state index in [1.165, 1.54) is 0 Å². The maximum absolute atomic E-state index is 12.2. The molecule has 5 nitrogen and oxygen atoms in total. The molecule has 5 heteroatoms. The number of allylic oxidation sites excluding steroid dienone is 2. The number of methoxy groups -OCH3 is 1. The third-order valence-electron chi connectivity index (χ3n) is 3.97. The zero-order chi connectivity index (χ0) is 15.9. The minimum Gasteiger partial charge on any atom is -0.496 e. The first-order chi connectivity index (χ1) is 10.6. The highest BCUT2D eigenvalue weighted by molar-refractivity contribution is 5.85. The zero-order valence-corrected chi connectivity index (χ0v) is 12.6. The molecule has 1 amide bonds. The number of rotatable bonds is 6. The molecule has 1 aromatic carbocycles. The van der Waals surface area contributed by atoms with Gasteiger partial charge >= 0.3 is 5.97 Å². The topological polar surface area (TPSA) is 75.6 Å². The van der Waals surface area contributed by atoms with Crippen molar-refractivity contribution in [3.05, 3.63) is 42.0 Å². The number of carbonyl (C=O) groups is 2. The van der Waals surface area contributed by atoms with E-state index >= 15 is 0 Å². The first-order valence-electron chi connectivity index (χ1n) is 7.41. The molecule has 22 heavy (non-hydrogen) atoms. The monoisotopic (exact) mass is 303 g/mol. The number of carbonyl (C=O) groups excluding carboxylic acids is 1. The summed E-state index contributed by atoms with van der Waals surface area (Å²) < 4.78 is 5.27. The fourth-order valence-corrected chi connectivity index (χ4v) is 2.74. The summed E-state index contributed by atoms with van der Waals surface area (Å²) in [7, 11) is 1.61. The Morgan fingerprint density at radius 3 is 2.59 bits per heavy atom. The van der Waals surface area contributed by atoms with Crippen LogP contribution >= 0.6 is 0 Å².